The summed E-state index contributed by atoms with van der Waals surface area (Å²) in [6.45, 7) is 10.1. The van der Waals surface area contributed by atoms with Crippen molar-refractivity contribution in [1.82, 2.24) is 10.6 Å². The van der Waals surface area contributed by atoms with Crippen LogP contribution in [0.3, 0.4) is 0 Å². The summed E-state index contributed by atoms with van der Waals surface area (Å²) in [4.78, 5) is 29.6. The maximum atomic E-state index is 13.0. The smallest absolute Gasteiger partial charge is 0.341 e. The molecule has 1 aliphatic heterocycles. The van der Waals surface area contributed by atoms with Gasteiger partial charge in [0.15, 0.2) is 0 Å². The largest absolute Gasteiger partial charge is 0.456 e. The van der Waals surface area contributed by atoms with E-state index in [1.165, 1.54) is 37.1 Å². The lowest BCUT2D eigenvalue weighted by molar-refractivity contribution is 0.00699. The molecule has 3 heterocycles. The third kappa shape index (κ3) is 4.96. The van der Waals surface area contributed by atoms with Gasteiger partial charge in [0.25, 0.3) is 0 Å². The van der Waals surface area contributed by atoms with Crippen molar-refractivity contribution in [3.05, 3.63) is 36.9 Å². The highest BCUT2D eigenvalue weighted by Gasteiger charge is 2.30. The van der Waals surface area contributed by atoms with Crippen molar-refractivity contribution in [2.24, 2.45) is 0 Å². The Kier molecular flexibility index (Phi) is 6.42. The van der Waals surface area contributed by atoms with Crippen LogP contribution >= 0.6 is 22.7 Å². The second-order valence-corrected chi connectivity index (χ2v) is 11.6. The van der Waals surface area contributed by atoms with Crippen molar-refractivity contribution in [1.29, 1.82) is 0 Å². The molecule has 1 aliphatic carbocycles. The molecule has 0 fully saturated rings. The number of aryl methyl sites for hydroxylation is 2. The van der Waals surface area contributed by atoms with Crippen LogP contribution in [0.15, 0.2) is 0 Å². The Hall–Kier alpha value is -1.90. The first kappa shape index (κ1) is 22.3. The maximum Gasteiger partial charge on any atom is 0.341 e. The van der Waals surface area contributed by atoms with E-state index in [0.717, 1.165) is 50.8 Å². The van der Waals surface area contributed by atoms with Gasteiger partial charge in [0.2, 0.25) is 0 Å². The lowest BCUT2D eigenvalue weighted by atomic mass is 9.95. The number of nitrogens with one attached hydrogen (secondary N) is 3. The van der Waals surface area contributed by atoms with Crippen LogP contribution in [0.2, 0.25) is 0 Å². The fraction of sp³-hybridized carbons (Fsp3) is 0.565. The van der Waals surface area contributed by atoms with Crippen molar-refractivity contribution >= 4 is 39.7 Å². The highest BCUT2D eigenvalue weighted by atomic mass is 32.1. The number of ether oxygens (including phenoxy) is 1. The number of urea groups is 1. The van der Waals surface area contributed by atoms with E-state index in [-0.39, 0.29) is 12.0 Å². The van der Waals surface area contributed by atoms with Crippen molar-refractivity contribution in [2.75, 3.05) is 11.9 Å². The number of anilines is 1. The van der Waals surface area contributed by atoms with Gasteiger partial charge in [0.05, 0.1) is 5.56 Å². The number of amides is 2. The molecular weight excluding hydrogens is 430 g/mol. The molecule has 2 amide bonds. The van der Waals surface area contributed by atoms with Crippen LogP contribution in [0.4, 0.5) is 9.80 Å². The molecular formula is C23H31N3O3S2. The summed E-state index contributed by atoms with van der Waals surface area (Å²) in [6, 6.07) is -0.281. The summed E-state index contributed by atoms with van der Waals surface area (Å²) in [6.07, 6.45) is 4.98. The highest BCUT2D eigenvalue weighted by molar-refractivity contribution is 7.17. The van der Waals surface area contributed by atoms with E-state index in [2.05, 4.69) is 22.9 Å². The van der Waals surface area contributed by atoms with E-state index >= 15 is 0 Å². The van der Waals surface area contributed by atoms with Crippen LogP contribution < -0.4 is 16.0 Å². The molecule has 0 spiro atoms. The molecule has 0 unspecified atom stereocenters. The van der Waals surface area contributed by atoms with E-state index in [4.69, 9.17) is 4.74 Å². The van der Waals surface area contributed by atoms with E-state index in [1.54, 1.807) is 0 Å². The van der Waals surface area contributed by atoms with Crippen LogP contribution in [0.1, 0.15) is 75.3 Å². The molecule has 31 heavy (non-hydrogen) atoms. The number of carbonyl (C=O) groups is 2. The lowest BCUT2D eigenvalue weighted by Crippen LogP contribution is -2.30. The van der Waals surface area contributed by atoms with E-state index in [1.807, 2.05) is 32.1 Å². The molecule has 2 aromatic rings. The normalized spacial score (nSPS) is 15.7. The second-order valence-electron chi connectivity index (χ2n) is 9.19. The molecule has 3 N–H and O–H groups in total. The van der Waals surface area contributed by atoms with Gasteiger partial charge in [-0.25, -0.2) is 9.59 Å². The van der Waals surface area contributed by atoms with Crippen molar-refractivity contribution in [3.8, 4) is 0 Å². The molecule has 8 heteroatoms. The van der Waals surface area contributed by atoms with Gasteiger partial charge < -0.3 is 15.4 Å². The van der Waals surface area contributed by atoms with Gasteiger partial charge >= 0.3 is 12.0 Å². The topological polar surface area (TPSA) is 79.5 Å². The molecule has 168 valence electrons. The number of carbonyl (C=O) groups excluding carboxylic acids is 2. The van der Waals surface area contributed by atoms with Gasteiger partial charge in [-0.3, -0.25) is 5.32 Å². The minimum absolute atomic E-state index is 0.281. The number of rotatable bonds is 4. The number of fused-ring (bicyclic) bond motifs is 2. The summed E-state index contributed by atoms with van der Waals surface area (Å²) < 4.78 is 5.66. The summed E-state index contributed by atoms with van der Waals surface area (Å²) in [5, 5.41) is 9.97. The molecule has 2 aromatic heterocycles. The maximum absolute atomic E-state index is 13.0. The van der Waals surface area contributed by atoms with Gasteiger partial charge in [-0.1, -0.05) is 0 Å². The van der Waals surface area contributed by atoms with Gasteiger partial charge in [0, 0.05) is 27.7 Å². The standard InChI is InChI=1S/C23H31N3O3S2/c1-13-16(14-9-10-24-12-18(14)30-13)11-25-22(28)26-20-19(21(27)29-23(2,3)4)15-7-5-6-8-17(15)31-20/h24H,5-12H2,1-4H3,(H2,25,26,28). The van der Waals surface area contributed by atoms with Crippen molar-refractivity contribution in [2.45, 2.75) is 78.5 Å². The van der Waals surface area contributed by atoms with Crippen LogP contribution in [0, 0.1) is 6.92 Å². The molecule has 0 atom stereocenters. The Morgan fingerprint density at radius 2 is 1.84 bits per heavy atom. The van der Waals surface area contributed by atoms with Crippen molar-refractivity contribution < 1.29 is 14.3 Å². The number of thiophene rings is 2. The average molecular weight is 462 g/mol. The first-order chi connectivity index (χ1) is 14.7. The molecule has 0 bridgehead atoms. The SMILES string of the molecule is Cc1sc2c(c1CNC(=O)Nc1sc3c(c1C(=O)OC(C)(C)C)CCCC3)CCNC2. The molecule has 2 aliphatic rings. The first-order valence-corrected chi connectivity index (χ1v) is 12.6. The summed E-state index contributed by atoms with van der Waals surface area (Å²) in [5.74, 6) is -0.350. The predicted octanol–water partition coefficient (Wildman–Crippen LogP) is 4.92. The molecule has 0 saturated heterocycles. The van der Waals surface area contributed by atoms with Gasteiger partial charge in [-0.2, -0.15) is 0 Å². The third-order valence-corrected chi connectivity index (χ3v) is 8.06. The van der Waals surface area contributed by atoms with Gasteiger partial charge in [-0.05, 0) is 83.0 Å². The van der Waals surface area contributed by atoms with Crippen LogP contribution in [0.25, 0.3) is 0 Å². The Morgan fingerprint density at radius 3 is 2.61 bits per heavy atom. The minimum Gasteiger partial charge on any atom is -0.456 e. The molecule has 0 saturated carbocycles. The quantitative estimate of drug-likeness (QED) is 0.565. The zero-order chi connectivity index (χ0) is 22.2. The average Bonchev–Trinajstić information content (AvgIpc) is 3.21. The minimum atomic E-state index is -0.579. The molecule has 6 nitrogen and oxygen atoms in total. The van der Waals surface area contributed by atoms with E-state index in [9.17, 15) is 9.59 Å². The molecule has 4 rings (SSSR count). The monoisotopic (exact) mass is 461 g/mol. The van der Waals surface area contributed by atoms with Gasteiger partial charge in [-0.15, -0.1) is 22.7 Å². The van der Waals surface area contributed by atoms with E-state index in [0.29, 0.717) is 17.1 Å². The summed E-state index contributed by atoms with van der Waals surface area (Å²) in [5.41, 5.74) is 3.62. The Morgan fingerprint density at radius 1 is 1.06 bits per heavy atom. The zero-order valence-corrected chi connectivity index (χ0v) is 20.3. The molecule has 0 radical (unpaired) electrons. The zero-order valence-electron chi connectivity index (χ0n) is 18.7. The van der Waals surface area contributed by atoms with Crippen molar-refractivity contribution in [3.63, 3.8) is 0 Å². The summed E-state index contributed by atoms with van der Waals surface area (Å²) >= 11 is 3.32. The van der Waals surface area contributed by atoms with Crippen LogP contribution in [-0.4, -0.2) is 24.1 Å². The number of hydrogen-bond acceptors (Lipinski definition) is 6. The lowest BCUT2D eigenvalue weighted by Gasteiger charge is -2.21. The fourth-order valence-corrected chi connectivity index (χ4v) is 6.77. The van der Waals surface area contributed by atoms with E-state index < -0.39 is 5.60 Å². The summed E-state index contributed by atoms with van der Waals surface area (Å²) in [7, 11) is 0. The Labute approximate surface area is 191 Å². The number of esters is 1. The third-order valence-electron chi connectivity index (χ3n) is 5.67. The fourth-order valence-electron chi connectivity index (χ4n) is 4.28. The first-order valence-electron chi connectivity index (χ1n) is 11.0. The Bertz CT molecular complexity index is 1000. The predicted molar refractivity (Wildman–Crippen MR) is 126 cm³/mol. The Balaban J connectivity index is 1.50. The molecule has 0 aromatic carbocycles. The van der Waals surface area contributed by atoms with Crippen LogP contribution in [0.5, 0.6) is 0 Å². The number of hydrogen-bond donors (Lipinski definition) is 3. The second kappa shape index (κ2) is 8.92. The van der Waals surface area contributed by atoms with Gasteiger partial charge in [0.1, 0.15) is 10.6 Å². The van der Waals surface area contributed by atoms with Crippen LogP contribution in [-0.2, 0) is 37.1 Å². The highest BCUT2D eigenvalue weighted by Crippen LogP contribution is 2.39.